The van der Waals surface area contributed by atoms with Gasteiger partial charge in [0.25, 0.3) is 0 Å². The number of hydrogen-bond donors (Lipinski definition) is 0. The predicted octanol–water partition coefficient (Wildman–Crippen LogP) is 4.35. The molecule has 0 bridgehead atoms. The van der Waals surface area contributed by atoms with Gasteiger partial charge in [0.2, 0.25) is 0 Å². The summed E-state index contributed by atoms with van der Waals surface area (Å²) in [5.74, 6) is 0. The summed E-state index contributed by atoms with van der Waals surface area (Å²) in [4.78, 5) is 8.18. The minimum absolute atomic E-state index is 0.443. The van der Waals surface area contributed by atoms with Gasteiger partial charge in [0.15, 0.2) is 0 Å². The van der Waals surface area contributed by atoms with Gasteiger partial charge >= 0.3 is 0 Å². The van der Waals surface area contributed by atoms with Gasteiger partial charge in [-0.05, 0) is 43.1 Å². The van der Waals surface area contributed by atoms with Gasteiger partial charge in [-0.15, -0.1) is 0 Å². The molecule has 0 saturated heterocycles. The first-order valence-corrected chi connectivity index (χ1v) is 8.72. The Labute approximate surface area is 134 Å². The number of hydrogen-bond acceptors (Lipinski definition) is 2. The maximum atomic E-state index is 6.15. The second kappa shape index (κ2) is 6.01. The van der Waals surface area contributed by atoms with Gasteiger partial charge in [0, 0.05) is 32.5 Å². The molecular weight excluding hydrogens is 419 g/mol. The Kier molecular flexibility index (Phi) is 4.83. The Morgan fingerprint density at radius 1 is 1.11 bits per heavy atom. The fraction of sp³-hybridized carbons (Fsp3) is 0.0909. The van der Waals surface area contributed by atoms with E-state index in [4.69, 9.17) is 23.2 Å². The average Bonchev–Trinajstić information content (AvgIpc) is 2.35. The molecule has 0 atom stereocenters. The summed E-state index contributed by atoms with van der Waals surface area (Å²) in [5, 5.41) is 1.97. The lowest BCUT2D eigenvalue weighted by Gasteiger charge is -2.13. The standard InChI is InChI=1S/C11H6Br2Cl2N2Si/c1-18-10-9(7(13)4-17-11(10)15)5-2-8(14)16-3-6(5)12/h2-4H,1H3. The van der Waals surface area contributed by atoms with Gasteiger partial charge in [-0.2, -0.15) is 0 Å². The second-order valence-corrected chi connectivity index (χ2v) is 6.84. The normalized spacial score (nSPS) is 10.7. The molecule has 0 unspecified atom stereocenters. The quantitative estimate of drug-likeness (QED) is 0.529. The Bertz CT molecular complexity index is 608. The van der Waals surface area contributed by atoms with E-state index in [9.17, 15) is 0 Å². The number of halogens is 4. The van der Waals surface area contributed by atoms with E-state index in [0.29, 0.717) is 19.8 Å². The molecule has 7 heteroatoms. The van der Waals surface area contributed by atoms with E-state index in [1.54, 1.807) is 12.4 Å². The lowest BCUT2D eigenvalue weighted by molar-refractivity contribution is 1.29. The number of nitrogens with zero attached hydrogens (tertiary/aromatic N) is 2. The van der Waals surface area contributed by atoms with Crippen LogP contribution in [-0.4, -0.2) is 19.5 Å². The van der Waals surface area contributed by atoms with Crippen molar-refractivity contribution in [1.82, 2.24) is 9.97 Å². The van der Waals surface area contributed by atoms with E-state index in [2.05, 4.69) is 48.4 Å². The molecule has 2 nitrogen and oxygen atoms in total. The average molecular weight is 425 g/mol. The Morgan fingerprint density at radius 3 is 2.44 bits per heavy atom. The summed E-state index contributed by atoms with van der Waals surface area (Å²) < 4.78 is 1.76. The summed E-state index contributed by atoms with van der Waals surface area (Å²) in [5.41, 5.74) is 1.96. The van der Waals surface area contributed by atoms with Crippen molar-refractivity contribution in [2.45, 2.75) is 6.55 Å². The Hall–Kier alpha value is 0.0569. The SMILES string of the molecule is C[Si]c1c(Cl)ncc(Br)c1-c1cc(Cl)ncc1Br. The van der Waals surface area contributed by atoms with Gasteiger partial charge < -0.3 is 0 Å². The zero-order valence-corrected chi connectivity index (χ0v) is 14.8. The van der Waals surface area contributed by atoms with Crippen LogP contribution in [-0.2, 0) is 0 Å². The van der Waals surface area contributed by atoms with E-state index >= 15 is 0 Å². The lowest BCUT2D eigenvalue weighted by Crippen LogP contribution is -2.18. The topological polar surface area (TPSA) is 25.8 Å². The van der Waals surface area contributed by atoms with Crippen molar-refractivity contribution in [2.75, 3.05) is 0 Å². The van der Waals surface area contributed by atoms with Crippen LogP contribution in [0.1, 0.15) is 0 Å². The van der Waals surface area contributed by atoms with Gasteiger partial charge in [0.05, 0.1) is 9.52 Å². The largest absolute Gasteiger partial charge is 0.244 e. The second-order valence-electron chi connectivity index (χ2n) is 3.38. The van der Waals surface area contributed by atoms with Gasteiger partial charge in [-0.1, -0.05) is 29.7 Å². The molecule has 2 aromatic rings. The molecule has 0 fully saturated rings. The summed E-state index contributed by atoms with van der Waals surface area (Å²) in [6.07, 6.45) is 3.38. The molecular formula is C11H6Br2Cl2N2Si. The van der Waals surface area contributed by atoms with Crippen LogP contribution in [0, 0.1) is 0 Å². The molecule has 0 N–H and O–H groups in total. The van der Waals surface area contributed by atoms with E-state index in [1.165, 1.54) is 0 Å². The molecule has 18 heavy (non-hydrogen) atoms. The molecule has 92 valence electrons. The number of rotatable bonds is 2. The van der Waals surface area contributed by atoms with Crippen molar-refractivity contribution in [3.63, 3.8) is 0 Å². The van der Waals surface area contributed by atoms with Crippen LogP contribution in [0.2, 0.25) is 16.9 Å². The third kappa shape index (κ3) is 2.80. The van der Waals surface area contributed by atoms with Crippen molar-refractivity contribution < 1.29 is 0 Å². The highest BCUT2D eigenvalue weighted by molar-refractivity contribution is 9.11. The van der Waals surface area contributed by atoms with Gasteiger partial charge in [-0.25, -0.2) is 9.97 Å². The van der Waals surface area contributed by atoms with Crippen LogP contribution in [0.15, 0.2) is 27.4 Å². The molecule has 0 spiro atoms. The number of pyridine rings is 2. The van der Waals surface area contributed by atoms with Gasteiger partial charge in [-0.3, -0.25) is 0 Å². The summed E-state index contributed by atoms with van der Waals surface area (Å²) in [6.45, 7) is 2.07. The first-order valence-electron chi connectivity index (χ1n) is 4.87. The van der Waals surface area contributed by atoms with E-state index in [-0.39, 0.29) is 0 Å². The molecule has 0 saturated carbocycles. The van der Waals surface area contributed by atoms with E-state index < -0.39 is 0 Å². The smallest absolute Gasteiger partial charge is 0.129 e. The zero-order valence-electron chi connectivity index (χ0n) is 9.14. The van der Waals surface area contributed by atoms with Crippen molar-refractivity contribution in [3.8, 4) is 11.1 Å². The van der Waals surface area contributed by atoms with Crippen LogP contribution >= 0.6 is 55.1 Å². The fourth-order valence-electron chi connectivity index (χ4n) is 1.56. The van der Waals surface area contributed by atoms with Crippen molar-refractivity contribution in [3.05, 3.63) is 37.7 Å². The van der Waals surface area contributed by atoms with Crippen LogP contribution in [0.25, 0.3) is 11.1 Å². The first-order chi connectivity index (χ1) is 8.54. The predicted molar refractivity (Wildman–Crippen MR) is 84.1 cm³/mol. The van der Waals surface area contributed by atoms with E-state index in [1.807, 2.05) is 6.07 Å². The summed E-state index contributed by atoms with van der Waals surface area (Å²) in [6, 6.07) is 1.81. The fourth-order valence-corrected chi connectivity index (χ4v) is 4.05. The molecule has 2 aromatic heterocycles. The van der Waals surface area contributed by atoms with Crippen LogP contribution in [0.3, 0.4) is 0 Å². The highest BCUT2D eigenvalue weighted by Gasteiger charge is 2.16. The molecule has 0 aromatic carbocycles. The Balaban J connectivity index is 2.77. The minimum Gasteiger partial charge on any atom is -0.244 e. The summed E-state index contributed by atoms with van der Waals surface area (Å²) >= 11 is 19.1. The van der Waals surface area contributed by atoms with Crippen LogP contribution in [0.5, 0.6) is 0 Å². The number of aromatic nitrogens is 2. The van der Waals surface area contributed by atoms with Crippen molar-refractivity contribution in [2.24, 2.45) is 0 Å². The first kappa shape index (κ1) is 14.5. The molecule has 2 heterocycles. The van der Waals surface area contributed by atoms with Crippen molar-refractivity contribution in [1.29, 1.82) is 0 Å². The molecule has 0 aliphatic carbocycles. The monoisotopic (exact) mass is 422 g/mol. The van der Waals surface area contributed by atoms with Crippen LogP contribution < -0.4 is 5.19 Å². The third-order valence-corrected chi connectivity index (χ3v) is 5.20. The maximum absolute atomic E-state index is 6.15. The summed E-state index contributed by atoms with van der Waals surface area (Å²) in [7, 11) is 0.534. The molecule has 0 aliphatic heterocycles. The maximum Gasteiger partial charge on any atom is 0.129 e. The lowest BCUT2D eigenvalue weighted by atomic mass is 10.1. The van der Waals surface area contributed by atoms with Crippen molar-refractivity contribution >= 4 is 69.8 Å². The third-order valence-electron chi connectivity index (χ3n) is 2.33. The van der Waals surface area contributed by atoms with Gasteiger partial charge in [0.1, 0.15) is 10.3 Å². The zero-order chi connectivity index (χ0) is 13.3. The van der Waals surface area contributed by atoms with E-state index in [0.717, 1.165) is 25.3 Å². The molecule has 2 radical (unpaired) electrons. The molecule has 0 aliphatic rings. The molecule has 0 amide bonds. The highest BCUT2D eigenvalue weighted by atomic mass is 79.9. The van der Waals surface area contributed by atoms with Crippen LogP contribution in [0.4, 0.5) is 0 Å². The Morgan fingerprint density at radius 2 is 1.78 bits per heavy atom. The molecule has 2 rings (SSSR count). The highest BCUT2D eigenvalue weighted by Crippen LogP contribution is 2.34. The minimum atomic E-state index is 0.443.